The summed E-state index contributed by atoms with van der Waals surface area (Å²) in [5.41, 5.74) is -0.901. The molecule has 9 heteroatoms. The Hall–Kier alpha value is -1.83. The minimum atomic E-state index is -4.66. The predicted molar refractivity (Wildman–Crippen MR) is 111 cm³/mol. The van der Waals surface area contributed by atoms with Gasteiger partial charge in [-0.2, -0.15) is 13.2 Å². The van der Waals surface area contributed by atoms with E-state index in [1.54, 1.807) is 0 Å². The Morgan fingerprint density at radius 2 is 2.00 bits per heavy atom. The van der Waals surface area contributed by atoms with E-state index >= 15 is 0 Å². The molecule has 3 atom stereocenters. The molecule has 2 N–H and O–H groups in total. The van der Waals surface area contributed by atoms with Crippen molar-refractivity contribution >= 4 is 29.9 Å². The van der Waals surface area contributed by atoms with Crippen molar-refractivity contribution in [1.82, 2.24) is 15.6 Å². The number of hydrogen-bond donors (Lipinski definition) is 2. The first-order valence-electron chi connectivity index (χ1n) is 9.63. The molecule has 0 radical (unpaired) electrons. The predicted octanol–water partition coefficient (Wildman–Crippen LogP) is 5.18. The highest BCUT2D eigenvalue weighted by Gasteiger charge is 2.48. The van der Waals surface area contributed by atoms with E-state index in [1.165, 1.54) is 0 Å². The van der Waals surface area contributed by atoms with Gasteiger partial charge in [0.15, 0.2) is 0 Å². The van der Waals surface area contributed by atoms with E-state index in [9.17, 15) is 18.0 Å². The summed E-state index contributed by atoms with van der Waals surface area (Å²) in [5, 5.41) is 5.85. The van der Waals surface area contributed by atoms with Gasteiger partial charge in [-0.1, -0.05) is 48.4 Å². The van der Waals surface area contributed by atoms with Gasteiger partial charge in [-0.05, 0) is 43.4 Å². The van der Waals surface area contributed by atoms with E-state index in [-0.39, 0.29) is 17.9 Å². The lowest BCUT2D eigenvalue weighted by Gasteiger charge is -2.41. The number of alkyl halides is 3. The van der Waals surface area contributed by atoms with Crippen LogP contribution in [0.2, 0.25) is 5.02 Å². The second-order valence-electron chi connectivity index (χ2n) is 7.84. The summed E-state index contributed by atoms with van der Waals surface area (Å²) in [7, 11) is 0. The van der Waals surface area contributed by atoms with Gasteiger partial charge in [0.25, 0.3) is 5.91 Å². The minimum Gasteiger partial charge on any atom is -0.342 e. The maximum absolute atomic E-state index is 13.2. The van der Waals surface area contributed by atoms with Gasteiger partial charge >= 0.3 is 6.18 Å². The SMILES string of the molecule is Cl.O=C(NC(c1ccccc1)C12CCCC(CN1)C2)c1nccc(C(F)(F)F)c1Cl. The zero-order chi connectivity index (χ0) is 20.6. The normalized spacial score (nSPS) is 24.1. The average Bonchev–Trinajstić information content (AvgIpc) is 3.00. The van der Waals surface area contributed by atoms with Crippen LogP contribution in [0.4, 0.5) is 13.2 Å². The molecule has 1 aromatic heterocycles. The first-order chi connectivity index (χ1) is 13.8. The lowest BCUT2D eigenvalue weighted by molar-refractivity contribution is -0.137. The Labute approximate surface area is 184 Å². The maximum atomic E-state index is 13.2. The minimum absolute atomic E-state index is 0. The van der Waals surface area contributed by atoms with Crippen molar-refractivity contribution in [3.8, 4) is 0 Å². The Morgan fingerprint density at radius 3 is 2.70 bits per heavy atom. The quantitative estimate of drug-likeness (QED) is 0.662. The van der Waals surface area contributed by atoms with E-state index in [2.05, 4.69) is 15.6 Å². The van der Waals surface area contributed by atoms with Crippen LogP contribution in [0.25, 0.3) is 0 Å². The number of nitrogens with one attached hydrogen (secondary N) is 2. The number of nitrogens with zero attached hydrogens (tertiary/aromatic N) is 1. The van der Waals surface area contributed by atoms with Crippen molar-refractivity contribution < 1.29 is 18.0 Å². The average molecular weight is 460 g/mol. The molecule has 4 rings (SSSR count). The van der Waals surface area contributed by atoms with Crippen LogP contribution in [-0.2, 0) is 6.18 Å². The number of benzene rings is 1. The number of rotatable bonds is 4. The molecule has 1 amide bonds. The zero-order valence-corrected chi connectivity index (χ0v) is 17.6. The van der Waals surface area contributed by atoms with Crippen molar-refractivity contribution in [3.05, 3.63) is 64.4 Å². The van der Waals surface area contributed by atoms with Crippen LogP contribution in [0.1, 0.15) is 53.3 Å². The monoisotopic (exact) mass is 459 g/mol. The van der Waals surface area contributed by atoms with Crippen LogP contribution in [-0.4, -0.2) is 23.0 Å². The highest BCUT2D eigenvalue weighted by molar-refractivity contribution is 6.34. The number of carbonyl (C=O) groups is 1. The molecule has 1 saturated carbocycles. The fourth-order valence-corrected chi connectivity index (χ4v) is 4.98. The highest BCUT2D eigenvalue weighted by Crippen LogP contribution is 2.45. The third-order valence-corrected chi connectivity index (χ3v) is 6.38. The number of aromatic nitrogens is 1. The van der Waals surface area contributed by atoms with Crippen molar-refractivity contribution in [2.75, 3.05) is 6.54 Å². The molecule has 2 bridgehead atoms. The molecule has 0 spiro atoms. The fraction of sp³-hybridized carbons (Fsp3) is 0.429. The summed E-state index contributed by atoms with van der Waals surface area (Å²) in [6, 6.07) is 9.88. The smallest absolute Gasteiger partial charge is 0.342 e. The number of halogens is 5. The summed E-state index contributed by atoms with van der Waals surface area (Å²) in [6.07, 6.45) is 0.286. The third-order valence-electron chi connectivity index (χ3n) is 6.00. The number of carbonyl (C=O) groups excluding carboxylic acids is 1. The van der Waals surface area contributed by atoms with Gasteiger partial charge in [-0.3, -0.25) is 4.79 Å². The standard InChI is InChI=1S/C21H21ClF3N3O.ClH/c22-16-15(21(23,24)25)8-10-26-17(16)19(29)28-18(14-6-2-1-3-7-14)20-9-4-5-13(11-20)12-27-20;/h1-3,6-8,10,13,18,27H,4-5,9,11-12H2,(H,28,29);1H. The molecule has 2 aromatic rings. The van der Waals surface area contributed by atoms with E-state index in [0.29, 0.717) is 5.92 Å². The molecule has 3 unspecified atom stereocenters. The molecule has 162 valence electrons. The molecule has 1 saturated heterocycles. The van der Waals surface area contributed by atoms with Gasteiger partial charge in [0.1, 0.15) is 5.69 Å². The molecular formula is C21H22Cl2F3N3O. The number of amides is 1. The molecule has 2 fully saturated rings. The zero-order valence-electron chi connectivity index (χ0n) is 16.0. The molecule has 1 aliphatic carbocycles. The topological polar surface area (TPSA) is 54.0 Å². The van der Waals surface area contributed by atoms with Gasteiger partial charge in [-0.15, -0.1) is 12.4 Å². The van der Waals surface area contributed by atoms with E-state index in [4.69, 9.17) is 11.6 Å². The Balaban J connectivity index is 0.00000256. The number of hydrogen-bond acceptors (Lipinski definition) is 3. The van der Waals surface area contributed by atoms with Gasteiger partial charge in [-0.25, -0.2) is 4.98 Å². The molecule has 1 aliphatic heterocycles. The maximum Gasteiger partial charge on any atom is 0.417 e. The highest BCUT2D eigenvalue weighted by atomic mass is 35.5. The van der Waals surface area contributed by atoms with Crippen LogP contribution in [0.15, 0.2) is 42.6 Å². The van der Waals surface area contributed by atoms with Crippen molar-refractivity contribution in [1.29, 1.82) is 0 Å². The molecule has 4 nitrogen and oxygen atoms in total. The van der Waals surface area contributed by atoms with Gasteiger partial charge < -0.3 is 10.6 Å². The van der Waals surface area contributed by atoms with E-state index in [1.807, 2.05) is 30.3 Å². The Morgan fingerprint density at radius 1 is 1.27 bits per heavy atom. The third kappa shape index (κ3) is 4.29. The summed E-state index contributed by atoms with van der Waals surface area (Å²) >= 11 is 5.92. The van der Waals surface area contributed by atoms with Crippen LogP contribution < -0.4 is 10.6 Å². The fourth-order valence-electron chi connectivity index (χ4n) is 4.68. The second kappa shape index (κ2) is 8.73. The number of fused-ring (bicyclic) bond motifs is 2. The van der Waals surface area contributed by atoms with Gasteiger partial charge in [0, 0.05) is 11.7 Å². The Kier molecular flexibility index (Phi) is 6.65. The molecule has 30 heavy (non-hydrogen) atoms. The van der Waals surface area contributed by atoms with Gasteiger partial charge in [0.05, 0.1) is 16.6 Å². The summed E-state index contributed by atoms with van der Waals surface area (Å²) in [5.74, 6) is -0.165. The first kappa shape index (κ1) is 22.8. The second-order valence-corrected chi connectivity index (χ2v) is 8.21. The van der Waals surface area contributed by atoms with Crippen LogP contribution in [0, 0.1) is 5.92 Å². The largest absolute Gasteiger partial charge is 0.417 e. The van der Waals surface area contributed by atoms with Crippen LogP contribution in [0.3, 0.4) is 0 Å². The molecule has 1 aromatic carbocycles. The van der Waals surface area contributed by atoms with Crippen molar-refractivity contribution in [2.45, 2.75) is 43.4 Å². The first-order valence-corrected chi connectivity index (χ1v) is 10.0. The molecular weight excluding hydrogens is 438 g/mol. The van der Waals surface area contributed by atoms with Crippen molar-refractivity contribution in [2.24, 2.45) is 5.92 Å². The summed E-state index contributed by atoms with van der Waals surface area (Å²) < 4.78 is 39.5. The molecule has 2 aliphatic rings. The number of pyridine rings is 1. The molecule has 2 heterocycles. The van der Waals surface area contributed by atoms with E-state index in [0.717, 1.165) is 50.1 Å². The Bertz CT molecular complexity index is 906. The lowest BCUT2D eigenvalue weighted by atomic mass is 9.73. The summed E-state index contributed by atoms with van der Waals surface area (Å²) in [6.45, 7) is 0.877. The lowest BCUT2D eigenvalue weighted by Crippen LogP contribution is -2.52. The van der Waals surface area contributed by atoms with E-state index < -0.39 is 34.4 Å². The van der Waals surface area contributed by atoms with Crippen LogP contribution >= 0.6 is 24.0 Å². The summed E-state index contributed by atoms with van der Waals surface area (Å²) in [4.78, 5) is 16.8. The van der Waals surface area contributed by atoms with Crippen LogP contribution in [0.5, 0.6) is 0 Å². The van der Waals surface area contributed by atoms with Gasteiger partial charge in [0.2, 0.25) is 0 Å². The van der Waals surface area contributed by atoms with Crippen molar-refractivity contribution in [3.63, 3.8) is 0 Å².